The monoisotopic (exact) mass is 260 g/mol. The van der Waals surface area contributed by atoms with E-state index in [1.165, 1.54) is 0 Å². The molecule has 0 saturated carbocycles. The average molecular weight is 260 g/mol. The zero-order valence-corrected chi connectivity index (χ0v) is 10.1. The zero-order valence-electron chi connectivity index (χ0n) is 10.1. The van der Waals surface area contributed by atoms with Crippen LogP contribution in [-0.4, -0.2) is 18.8 Å². The van der Waals surface area contributed by atoms with Crippen molar-refractivity contribution in [1.82, 2.24) is 10.6 Å². The van der Waals surface area contributed by atoms with Gasteiger partial charge in [0.05, 0.1) is 6.04 Å². The Bertz CT molecular complexity index is 401. The van der Waals surface area contributed by atoms with Gasteiger partial charge in [0.15, 0.2) is 0 Å². The second kappa shape index (κ2) is 5.75. The number of halogens is 3. The topological polar surface area (TPSA) is 41.1 Å². The molecule has 1 rings (SSSR count). The molecule has 0 bridgehead atoms. The summed E-state index contributed by atoms with van der Waals surface area (Å²) in [5, 5.41) is 4.20. The smallest absolute Gasteiger partial charge is 0.332 e. The summed E-state index contributed by atoms with van der Waals surface area (Å²) in [6.45, 7) is 2.30. The first-order chi connectivity index (χ1) is 8.28. The Morgan fingerprint density at radius 3 is 2.33 bits per heavy atom. The van der Waals surface area contributed by atoms with E-state index in [-0.39, 0.29) is 6.04 Å². The van der Waals surface area contributed by atoms with Gasteiger partial charge in [0.2, 0.25) is 0 Å². The lowest BCUT2D eigenvalue weighted by Crippen LogP contribution is -2.41. The summed E-state index contributed by atoms with van der Waals surface area (Å²) >= 11 is 0. The number of rotatable bonds is 3. The van der Waals surface area contributed by atoms with Crippen molar-refractivity contribution >= 4 is 6.03 Å². The van der Waals surface area contributed by atoms with Gasteiger partial charge in [-0.1, -0.05) is 29.8 Å². The molecule has 6 heteroatoms. The van der Waals surface area contributed by atoms with E-state index < -0.39 is 18.8 Å². The van der Waals surface area contributed by atoms with E-state index in [2.05, 4.69) is 5.32 Å². The number of aryl methyl sites for hydroxylation is 1. The lowest BCUT2D eigenvalue weighted by atomic mass is 10.1. The molecule has 100 valence electrons. The highest BCUT2D eigenvalue weighted by molar-refractivity contribution is 5.74. The van der Waals surface area contributed by atoms with Crippen molar-refractivity contribution in [3.8, 4) is 0 Å². The van der Waals surface area contributed by atoms with Crippen LogP contribution in [0.5, 0.6) is 0 Å². The summed E-state index contributed by atoms with van der Waals surface area (Å²) in [7, 11) is 0. The number of hydrogen-bond donors (Lipinski definition) is 2. The van der Waals surface area contributed by atoms with Crippen molar-refractivity contribution in [2.24, 2.45) is 0 Å². The highest BCUT2D eigenvalue weighted by atomic mass is 19.4. The summed E-state index contributed by atoms with van der Waals surface area (Å²) in [4.78, 5) is 11.2. The van der Waals surface area contributed by atoms with Gasteiger partial charge in [-0.25, -0.2) is 4.79 Å². The Labute approximate surface area is 103 Å². The number of nitrogens with one attached hydrogen (secondary N) is 2. The minimum atomic E-state index is -4.40. The molecular weight excluding hydrogens is 245 g/mol. The highest BCUT2D eigenvalue weighted by Gasteiger charge is 2.27. The van der Waals surface area contributed by atoms with E-state index in [9.17, 15) is 18.0 Å². The summed E-state index contributed by atoms with van der Waals surface area (Å²) in [6, 6.07) is 6.22. The molecule has 1 unspecified atom stereocenters. The van der Waals surface area contributed by atoms with E-state index in [1.54, 1.807) is 12.2 Å². The number of amides is 2. The molecule has 0 fully saturated rings. The molecule has 3 nitrogen and oxygen atoms in total. The summed E-state index contributed by atoms with van der Waals surface area (Å²) in [6.07, 6.45) is -4.40. The largest absolute Gasteiger partial charge is 0.405 e. The van der Waals surface area contributed by atoms with Gasteiger partial charge in [-0.3, -0.25) is 0 Å². The van der Waals surface area contributed by atoms with Crippen LogP contribution in [0.4, 0.5) is 18.0 Å². The molecule has 2 amide bonds. The van der Waals surface area contributed by atoms with E-state index in [4.69, 9.17) is 0 Å². The van der Waals surface area contributed by atoms with Gasteiger partial charge >= 0.3 is 12.2 Å². The molecule has 18 heavy (non-hydrogen) atoms. The Kier molecular flexibility index (Phi) is 4.58. The molecule has 0 heterocycles. The van der Waals surface area contributed by atoms with Crippen LogP contribution < -0.4 is 10.6 Å². The molecule has 0 spiro atoms. The summed E-state index contributed by atoms with van der Waals surface area (Å²) in [5.41, 5.74) is 1.91. The Balaban J connectivity index is 2.47. The standard InChI is InChI=1S/C12H15F3N2O/c1-8-3-5-10(6-4-8)9(2)17-11(18)16-7-12(13,14)15/h3-6,9H,7H2,1-2H3,(H2,16,17,18). The number of carbonyl (C=O) groups excluding carboxylic acids is 1. The second-order valence-corrected chi connectivity index (χ2v) is 4.07. The normalized spacial score (nSPS) is 12.9. The predicted molar refractivity (Wildman–Crippen MR) is 62.2 cm³/mol. The van der Waals surface area contributed by atoms with Crippen LogP contribution in [0.25, 0.3) is 0 Å². The summed E-state index contributed by atoms with van der Waals surface area (Å²) in [5.74, 6) is 0. The van der Waals surface area contributed by atoms with Crippen LogP contribution in [0, 0.1) is 6.92 Å². The third-order valence-corrected chi connectivity index (χ3v) is 2.37. The van der Waals surface area contributed by atoms with Crippen LogP contribution in [0.3, 0.4) is 0 Å². The van der Waals surface area contributed by atoms with Gasteiger partial charge in [0.25, 0.3) is 0 Å². The first-order valence-corrected chi connectivity index (χ1v) is 5.45. The highest BCUT2D eigenvalue weighted by Crippen LogP contribution is 2.14. The number of benzene rings is 1. The molecule has 0 radical (unpaired) electrons. The van der Waals surface area contributed by atoms with Crippen LogP contribution >= 0.6 is 0 Å². The number of hydrogen-bond acceptors (Lipinski definition) is 1. The van der Waals surface area contributed by atoms with Crippen LogP contribution in [-0.2, 0) is 0 Å². The quantitative estimate of drug-likeness (QED) is 0.862. The van der Waals surface area contributed by atoms with Gasteiger partial charge in [-0.2, -0.15) is 13.2 Å². The molecule has 0 aliphatic carbocycles. The van der Waals surface area contributed by atoms with E-state index in [0.717, 1.165) is 11.1 Å². The maximum atomic E-state index is 11.9. The van der Waals surface area contributed by atoms with E-state index in [1.807, 2.05) is 31.2 Å². The van der Waals surface area contributed by atoms with Gasteiger partial charge < -0.3 is 10.6 Å². The first-order valence-electron chi connectivity index (χ1n) is 5.45. The van der Waals surface area contributed by atoms with Crippen molar-refractivity contribution < 1.29 is 18.0 Å². The number of urea groups is 1. The molecule has 1 aromatic carbocycles. The van der Waals surface area contributed by atoms with Crippen molar-refractivity contribution in [2.75, 3.05) is 6.54 Å². The third-order valence-electron chi connectivity index (χ3n) is 2.37. The first kappa shape index (κ1) is 14.3. The van der Waals surface area contributed by atoms with Gasteiger partial charge in [-0.05, 0) is 19.4 Å². The Hall–Kier alpha value is -1.72. The van der Waals surface area contributed by atoms with Crippen molar-refractivity contribution in [1.29, 1.82) is 0 Å². The fourth-order valence-electron chi connectivity index (χ4n) is 1.37. The summed E-state index contributed by atoms with van der Waals surface area (Å²) < 4.78 is 35.6. The Morgan fingerprint density at radius 2 is 1.83 bits per heavy atom. The second-order valence-electron chi connectivity index (χ2n) is 4.07. The van der Waals surface area contributed by atoms with Crippen molar-refractivity contribution in [3.63, 3.8) is 0 Å². The van der Waals surface area contributed by atoms with Crippen LogP contribution in [0.1, 0.15) is 24.1 Å². The van der Waals surface area contributed by atoms with E-state index >= 15 is 0 Å². The lowest BCUT2D eigenvalue weighted by molar-refractivity contribution is -0.122. The maximum absolute atomic E-state index is 11.9. The van der Waals surface area contributed by atoms with Gasteiger partial charge in [0, 0.05) is 0 Å². The van der Waals surface area contributed by atoms with Crippen LogP contribution in [0.15, 0.2) is 24.3 Å². The Morgan fingerprint density at radius 1 is 1.28 bits per heavy atom. The molecule has 0 aliphatic heterocycles. The number of carbonyl (C=O) groups is 1. The van der Waals surface area contributed by atoms with Crippen molar-refractivity contribution in [3.05, 3.63) is 35.4 Å². The fourth-order valence-corrected chi connectivity index (χ4v) is 1.37. The van der Waals surface area contributed by atoms with Gasteiger partial charge in [0.1, 0.15) is 6.54 Å². The molecular formula is C12H15F3N2O. The SMILES string of the molecule is Cc1ccc(C(C)NC(=O)NCC(F)(F)F)cc1. The average Bonchev–Trinajstić information content (AvgIpc) is 2.26. The molecule has 0 aromatic heterocycles. The predicted octanol–water partition coefficient (Wildman–Crippen LogP) is 2.92. The fraction of sp³-hybridized carbons (Fsp3) is 0.417. The van der Waals surface area contributed by atoms with Gasteiger partial charge in [-0.15, -0.1) is 0 Å². The van der Waals surface area contributed by atoms with E-state index in [0.29, 0.717) is 0 Å². The molecule has 0 saturated heterocycles. The zero-order chi connectivity index (χ0) is 13.8. The lowest BCUT2D eigenvalue weighted by Gasteiger charge is -2.16. The molecule has 2 N–H and O–H groups in total. The van der Waals surface area contributed by atoms with Crippen molar-refractivity contribution in [2.45, 2.75) is 26.1 Å². The molecule has 1 aromatic rings. The number of alkyl halides is 3. The van der Waals surface area contributed by atoms with Crippen LogP contribution in [0.2, 0.25) is 0 Å². The minimum absolute atomic E-state index is 0.348. The molecule has 1 atom stereocenters. The molecule has 0 aliphatic rings. The maximum Gasteiger partial charge on any atom is 0.405 e. The third kappa shape index (κ3) is 5.07. The minimum Gasteiger partial charge on any atom is -0.332 e.